The second-order valence-corrected chi connectivity index (χ2v) is 3.78. The van der Waals surface area contributed by atoms with Gasteiger partial charge in [-0.05, 0) is 13.3 Å². The number of rotatable bonds is 2. The third-order valence-electron chi connectivity index (χ3n) is 3.00. The van der Waals surface area contributed by atoms with Crippen molar-refractivity contribution in [3.63, 3.8) is 0 Å². The summed E-state index contributed by atoms with van der Waals surface area (Å²) in [4.78, 5) is 25.0. The fourth-order valence-corrected chi connectivity index (χ4v) is 1.78. The van der Waals surface area contributed by atoms with Crippen molar-refractivity contribution in [3.8, 4) is 0 Å². The number of amides is 2. The fourth-order valence-electron chi connectivity index (χ4n) is 1.78. The summed E-state index contributed by atoms with van der Waals surface area (Å²) in [5.41, 5.74) is -0.647. The number of hydrogen-bond acceptors (Lipinski definition) is 2. The van der Waals surface area contributed by atoms with Crippen LogP contribution in [0.2, 0.25) is 0 Å². The lowest BCUT2D eigenvalue weighted by Crippen LogP contribution is -2.64. The van der Waals surface area contributed by atoms with Gasteiger partial charge in [0, 0.05) is 19.5 Å². The summed E-state index contributed by atoms with van der Waals surface area (Å²) in [6.07, 6.45) is 1.12. The lowest BCUT2D eigenvalue weighted by Gasteiger charge is -2.43. The molecule has 14 heavy (non-hydrogen) atoms. The zero-order valence-corrected chi connectivity index (χ0v) is 9.09. The van der Waals surface area contributed by atoms with Gasteiger partial charge < -0.3 is 10.2 Å². The van der Waals surface area contributed by atoms with E-state index < -0.39 is 5.54 Å². The minimum absolute atomic E-state index is 0.0342. The van der Waals surface area contributed by atoms with Crippen molar-refractivity contribution in [2.45, 2.75) is 39.2 Å². The van der Waals surface area contributed by atoms with Gasteiger partial charge >= 0.3 is 0 Å². The first kappa shape index (κ1) is 11.0. The molecule has 4 nitrogen and oxygen atoms in total. The third-order valence-corrected chi connectivity index (χ3v) is 3.00. The van der Waals surface area contributed by atoms with Crippen molar-refractivity contribution in [1.29, 1.82) is 0 Å². The van der Waals surface area contributed by atoms with Gasteiger partial charge in [0.2, 0.25) is 11.8 Å². The highest BCUT2D eigenvalue weighted by Gasteiger charge is 2.42. The molecule has 0 saturated carbocycles. The third kappa shape index (κ3) is 1.61. The lowest BCUT2D eigenvalue weighted by molar-refractivity contribution is -0.150. The number of nitrogens with one attached hydrogen (secondary N) is 1. The van der Waals surface area contributed by atoms with Crippen LogP contribution in [-0.4, -0.2) is 35.3 Å². The molecular weight excluding hydrogens is 180 g/mol. The summed E-state index contributed by atoms with van der Waals surface area (Å²) >= 11 is 0. The molecule has 1 N–H and O–H groups in total. The van der Waals surface area contributed by atoms with E-state index in [1.165, 1.54) is 0 Å². The average Bonchev–Trinajstić information content (AvgIpc) is 2.21. The van der Waals surface area contributed by atoms with Gasteiger partial charge in [-0.2, -0.15) is 0 Å². The Hall–Kier alpha value is -1.06. The summed E-state index contributed by atoms with van der Waals surface area (Å²) < 4.78 is 0. The molecule has 0 radical (unpaired) electrons. The number of hydrogen-bond donors (Lipinski definition) is 1. The second kappa shape index (κ2) is 3.98. The fraction of sp³-hybridized carbons (Fsp3) is 0.800. The molecule has 4 heteroatoms. The normalized spacial score (nSPS) is 27.4. The molecule has 1 unspecified atom stereocenters. The van der Waals surface area contributed by atoms with Gasteiger partial charge in [0.1, 0.15) is 5.54 Å². The van der Waals surface area contributed by atoms with Gasteiger partial charge in [-0.15, -0.1) is 0 Å². The van der Waals surface area contributed by atoms with E-state index in [4.69, 9.17) is 0 Å². The molecule has 2 amide bonds. The molecule has 1 heterocycles. The highest BCUT2D eigenvalue weighted by atomic mass is 16.2. The first-order chi connectivity index (χ1) is 6.56. The van der Waals surface area contributed by atoms with Gasteiger partial charge in [-0.1, -0.05) is 13.8 Å². The predicted molar refractivity (Wildman–Crippen MR) is 53.7 cm³/mol. The van der Waals surface area contributed by atoms with E-state index in [-0.39, 0.29) is 11.8 Å². The van der Waals surface area contributed by atoms with Gasteiger partial charge in [0.25, 0.3) is 0 Å². The van der Waals surface area contributed by atoms with Crippen LogP contribution in [0, 0.1) is 0 Å². The zero-order valence-electron chi connectivity index (χ0n) is 9.09. The van der Waals surface area contributed by atoms with E-state index in [1.807, 2.05) is 20.8 Å². The van der Waals surface area contributed by atoms with Crippen LogP contribution < -0.4 is 5.32 Å². The van der Waals surface area contributed by atoms with Crippen LogP contribution in [0.5, 0.6) is 0 Å². The van der Waals surface area contributed by atoms with E-state index >= 15 is 0 Å². The molecule has 1 aliphatic heterocycles. The van der Waals surface area contributed by atoms with Crippen LogP contribution in [0.15, 0.2) is 0 Å². The maximum atomic E-state index is 11.7. The summed E-state index contributed by atoms with van der Waals surface area (Å²) in [6, 6.07) is 0. The van der Waals surface area contributed by atoms with Crippen LogP contribution in [0.3, 0.4) is 0 Å². The Morgan fingerprint density at radius 3 is 2.71 bits per heavy atom. The summed E-state index contributed by atoms with van der Waals surface area (Å²) in [6.45, 7) is 6.78. The van der Waals surface area contributed by atoms with Crippen LogP contribution >= 0.6 is 0 Å². The number of carbonyl (C=O) groups is 2. The van der Waals surface area contributed by atoms with Crippen molar-refractivity contribution >= 4 is 11.8 Å². The molecule has 0 aromatic carbocycles. The topological polar surface area (TPSA) is 49.4 Å². The molecular formula is C10H18N2O2. The average molecular weight is 198 g/mol. The lowest BCUT2D eigenvalue weighted by atomic mass is 9.92. The van der Waals surface area contributed by atoms with Crippen molar-refractivity contribution in [1.82, 2.24) is 10.2 Å². The van der Waals surface area contributed by atoms with Crippen LogP contribution in [-0.2, 0) is 9.59 Å². The molecule has 0 aromatic heterocycles. The SMILES string of the molecule is CCC(=O)N1CCNC(=O)C1(C)CC. The minimum Gasteiger partial charge on any atom is -0.352 e. The van der Waals surface area contributed by atoms with Crippen molar-refractivity contribution in [3.05, 3.63) is 0 Å². The van der Waals surface area contributed by atoms with E-state index in [2.05, 4.69) is 5.32 Å². The zero-order chi connectivity index (χ0) is 10.8. The molecule has 80 valence electrons. The summed E-state index contributed by atoms with van der Waals surface area (Å²) in [5.74, 6) is 0.0252. The van der Waals surface area contributed by atoms with E-state index in [0.717, 1.165) is 0 Å². The first-order valence-corrected chi connectivity index (χ1v) is 5.15. The van der Waals surface area contributed by atoms with E-state index in [0.29, 0.717) is 25.9 Å². The molecule has 1 atom stereocenters. The first-order valence-electron chi connectivity index (χ1n) is 5.15. The molecule has 1 saturated heterocycles. The van der Waals surface area contributed by atoms with Crippen LogP contribution in [0.4, 0.5) is 0 Å². The molecule has 0 spiro atoms. The summed E-state index contributed by atoms with van der Waals surface area (Å²) in [5, 5.41) is 2.80. The Balaban J connectivity index is 2.91. The molecule has 1 rings (SSSR count). The Morgan fingerprint density at radius 2 is 2.21 bits per heavy atom. The van der Waals surface area contributed by atoms with Crippen LogP contribution in [0.25, 0.3) is 0 Å². The smallest absolute Gasteiger partial charge is 0.245 e. The summed E-state index contributed by atoms with van der Waals surface area (Å²) in [7, 11) is 0. The molecule has 1 aliphatic rings. The van der Waals surface area contributed by atoms with Gasteiger partial charge in [0.15, 0.2) is 0 Å². The van der Waals surface area contributed by atoms with Gasteiger partial charge in [-0.3, -0.25) is 9.59 Å². The minimum atomic E-state index is -0.647. The maximum Gasteiger partial charge on any atom is 0.245 e. The number of nitrogens with zero attached hydrogens (tertiary/aromatic N) is 1. The highest BCUT2D eigenvalue weighted by Crippen LogP contribution is 2.22. The van der Waals surface area contributed by atoms with Gasteiger partial charge in [-0.25, -0.2) is 0 Å². The number of carbonyl (C=O) groups excluding carboxylic acids is 2. The monoisotopic (exact) mass is 198 g/mol. The van der Waals surface area contributed by atoms with Crippen molar-refractivity contribution in [2.75, 3.05) is 13.1 Å². The number of piperazine rings is 1. The standard InChI is InChI=1S/C10H18N2O2/c1-4-8(13)12-7-6-11-9(14)10(12,3)5-2/h4-7H2,1-3H3,(H,11,14). The quantitative estimate of drug-likeness (QED) is 0.703. The predicted octanol–water partition coefficient (Wildman–Crippen LogP) is 0.524. The molecule has 0 bridgehead atoms. The van der Waals surface area contributed by atoms with Crippen molar-refractivity contribution in [2.24, 2.45) is 0 Å². The molecule has 0 aliphatic carbocycles. The van der Waals surface area contributed by atoms with Crippen molar-refractivity contribution < 1.29 is 9.59 Å². The Labute approximate surface area is 84.7 Å². The van der Waals surface area contributed by atoms with Crippen LogP contribution in [0.1, 0.15) is 33.6 Å². The Kier molecular flexibility index (Phi) is 3.13. The maximum absolute atomic E-state index is 11.7. The second-order valence-electron chi connectivity index (χ2n) is 3.78. The van der Waals surface area contributed by atoms with E-state index in [9.17, 15) is 9.59 Å². The largest absolute Gasteiger partial charge is 0.352 e. The Morgan fingerprint density at radius 1 is 1.57 bits per heavy atom. The molecule has 0 aromatic rings. The molecule has 1 fully saturated rings. The Bertz CT molecular complexity index is 253. The van der Waals surface area contributed by atoms with Gasteiger partial charge in [0.05, 0.1) is 0 Å². The highest BCUT2D eigenvalue weighted by molar-refractivity contribution is 5.92. The van der Waals surface area contributed by atoms with E-state index in [1.54, 1.807) is 4.90 Å².